The fraction of sp³-hybridized carbons (Fsp3) is 0.793. The van der Waals surface area contributed by atoms with E-state index in [-0.39, 0.29) is 37.3 Å². The summed E-state index contributed by atoms with van der Waals surface area (Å²) in [6, 6.07) is -3.56. The van der Waals surface area contributed by atoms with Crippen molar-refractivity contribution in [2.24, 2.45) is 11.8 Å². The summed E-state index contributed by atoms with van der Waals surface area (Å²) in [6.45, 7) is 9.65. The van der Waals surface area contributed by atoms with Gasteiger partial charge in [-0.25, -0.2) is 0 Å². The number of hydrogen-bond acceptors (Lipinski definition) is 8. The highest BCUT2D eigenvalue weighted by molar-refractivity contribution is 5.96. The van der Waals surface area contributed by atoms with Crippen LogP contribution < -0.4 is 10.6 Å². The fourth-order valence-electron chi connectivity index (χ4n) is 5.55. The van der Waals surface area contributed by atoms with Crippen LogP contribution in [0.25, 0.3) is 0 Å². The minimum Gasteiger partial charge on any atom is -0.452 e. The van der Waals surface area contributed by atoms with Gasteiger partial charge in [0.15, 0.2) is 6.10 Å². The molecule has 13 heteroatoms. The molecule has 0 aromatic rings. The number of likely N-dealkylation sites (N-methyl/N-ethyl adjacent to an activating group) is 2. The number of carbonyl (C=O) groups excluding carboxylic acids is 6. The van der Waals surface area contributed by atoms with Gasteiger partial charge in [0.2, 0.25) is 23.6 Å². The number of amides is 5. The Morgan fingerprint density at radius 3 is 2.21 bits per heavy atom. The van der Waals surface area contributed by atoms with E-state index in [0.717, 1.165) is 0 Å². The molecule has 42 heavy (non-hydrogen) atoms. The number of hydrogen-bond donors (Lipinski definition) is 2. The molecule has 0 radical (unpaired) electrons. The Balaban J connectivity index is 1.98. The van der Waals surface area contributed by atoms with Gasteiger partial charge in [-0.15, -0.1) is 0 Å². The molecule has 3 aliphatic rings. The maximum Gasteiger partial charge on any atom is 0.308 e. The molecular weight excluding hydrogens is 546 g/mol. The van der Waals surface area contributed by atoms with Crippen molar-refractivity contribution < 1.29 is 38.2 Å². The largest absolute Gasteiger partial charge is 0.452 e. The Hall–Kier alpha value is -3.22. The van der Waals surface area contributed by atoms with Gasteiger partial charge in [-0.05, 0) is 31.6 Å². The molecule has 0 bridgehead atoms. The van der Waals surface area contributed by atoms with Crippen molar-refractivity contribution in [1.82, 2.24) is 25.3 Å². The molecule has 2 N–H and O–H groups in total. The van der Waals surface area contributed by atoms with Crippen LogP contribution in [0.1, 0.15) is 66.7 Å². The van der Waals surface area contributed by atoms with E-state index in [1.54, 1.807) is 6.92 Å². The first kappa shape index (κ1) is 33.3. The van der Waals surface area contributed by atoms with E-state index in [0.29, 0.717) is 32.4 Å². The molecule has 7 atom stereocenters. The maximum atomic E-state index is 13.9. The average Bonchev–Trinajstić information content (AvgIpc) is 3.63. The van der Waals surface area contributed by atoms with Crippen molar-refractivity contribution in [3.8, 4) is 0 Å². The number of nitrogens with zero attached hydrogens (tertiary/aromatic N) is 3. The summed E-state index contributed by atoms with van der Waals surface area (Å²) in [5, 5.41) is 5.54. The second-order valence-electron chi connectivity index (χ2n) is 12.0. The fourth-order valence-corrected chi connectivity index (χ4v) is 5.55. The van der Waals surface area contributed by atoms with Gasteiger partial charge in [-0.2, -0.15) is 0 Å². The van der Waals surface area contributed by atoms with Gasteiger partial charge in [-0.3, -0.25) is 28.8 Å². The van der Waals surface area contributed by atoms with E-state index in [1.165, 1.54) is 28.8 Å². The number of cyclic esters (lactones) is 1. The predicted molar refractivity (Wildman–Crippen MR) is 152 cm³/mol. The lowest BCUT2D eigenvalue weighted by Crippen LogP contribution is -2.60. The Morgan fingerprint density at radius 2 is 1.62 bits per heavy atom. The summed E-state index contributed by atoms with van der Waals surface area (Å²) < 4.78 is 10.8. The molecule has 13 nitrogen and oxygen atoms in total. The SMILES string of the molecule is CC[C@H](C)[C@@H]1NC(=O)[C@@H]2CCCN2C(=O)C(CC2CO2)OC(=O)CCNC(=O)[C@H](C)N(C)C(=O)[C@H](C(C)C)N(C)C1=O. The highest BCUT2D eigenvalue weighted by atomic mass is 16.6. The van der Waals surface area contributed by atoms with Crippen molar-refractivity contribution in [1.29, 1.82) is 0 Å². The van der Waals surface area contributed by atoms with Gasteiger partial charge in [0.05, 0.1) is 19.1 Å². The number of carbonyl (C=O) groups is 6. The van der Waals surface area contributed by atoms with E-state index in [2.05, 4.69) is 10.6 Å². The van der Waals surface area contributed by atoms with Crippen molar-refractivity contribution in [3.05, 3.63) is 0 Å². The van der Waals surface area contributed by atoms with Crippen molar-refractivity contribution in [2.75, 3.05) is 33.8 Å². The minimum absolute atomic E-state index is 0.0534. The standard InChI is InChI=1S/C29H47N5O8/c1-8-17(4)23-28(39)33(7)24(16(2)3)29(40)32(6)18(5)25(36)30-12-11-22(35)42-21(14-19-15-41-19)27(38)34-13-9-10-20(34)26(37)31-23/h16-21,23-24H,8-15H2,1-7H3,(H,30,36)(H,31,37)/t17-,18-,19?,20-,21?,23-,24-/m0/s1. The van der Waals surface area contributed by atoms with Gasteiger partial charge in [-0.1, -0.05) is 34.1 Å². The zero-order valence-corrected chi connectivity index (χ0v) is 25.9. The number of epoxide rings is 1. The van der Waals surface area contributed by atoms with Gasteiger partial charge in [0.25, 0.3) is 5.91 Å². The normalized spacial score (nSPS) is 31.6. The smallest absolute Gasteiger partial charge is 0.308 e. The van der Waals surface area contributed by atoms with Crippen LogP contribution in [0.15, 0.2) is 0 Å². The summed E-state index contributed by atoms with van der Waals surface area (Å²) in [7, 11) is 3.03. The maximum absolute atomic E-state index is 13.9. The third-order valence-electron chi connectivity index (χ3n) is 8.63. The molecule has 0 spiro atoms. The summed E-state index contributed by atoms with van der Waals surface area (Å²) >= 11 is 0. The van der Waals surface area contributed by atoms with Crippen LogP contribution in [0, 0.1) is 11.8 Å². The third kappa shape index (κ3) is 7.78. The molecule has 236 valence electrons. The Bertz CT molecular complexity index is 1050. The zero-order chi connectivity index (χ0) is 31.3. The van der Waals surface area contributed by atoms with Crippen molar-refractivity contribution >= 4 is 35.5 Å². The molecule has 3 saturated heterocycles. The molecule has 5 amide bonds. The highest BCUT2D eigenvalue weighted by Crippen LogP contribution is 2.25. The average molecular weight is 594 g/mol. The lowest BCUT2D eigenvalue weighted by Gasteiger charge is -2.38. The molecule has 3 fully saturated rings. The van der Waals surface area contributed by atoms with Gasteiger partial charge >= 0.3 is 5.97 Å². The first-order chi connectivity index (χ1) is 19.8. The van der Waals surface area contributed by atoms with Crippen LogP contribution in [0.5, 0.6) is 0 Å². The molecule has 3 heterocycles. The van der Waals surface area contributed by atoms with E-state index >= 15 is 0 Å². The van der Waals surface area contributed by atoms with Crippen LogP contribution in [0.2, 0.25) is 0 Å². The van der Waals surface area contributed by atoms with Crippen LogP contribution in [-0.2, 0) is 38.2 Å². The first-order valence-corrected chi connectivity index (χ1v) is 15.0. The number of rotatable bonds is 5. The molecule has 2 unspecified atom stereocenters. The summed E-state index contributed by atoms with van der Waals surface area (Å²) in [5.41, 5.74) is 0. The summed E-state index contributed by atoms with van der Waals surface area (Å²) in [6.07, 6.45) is 0.190. The molecule has 0 aromatic carbocycles. The molecule has 0 aliphatic carbocycles. The first-order valence-electron chi connectivity index (χ1n) is 15.0. The lowest BCUT2D eigenvalue weighted by atomic mass is 9.94. The number of fused-ring (bicyclic) bond motifs is 1. The third-order valence-corrected chi connectivity index (χ3v) is 8.63. The van der Waals surface area contributed by atoms with E-state index in [1.807, 2.05) is 27.7 Å². The molecule has 0 aromatic heterocycles. The number of nitrogens with one attached hydrogen (secondary N) is 2. The van der Waals surface area contributed by atoms with Gasteiger partial charge in [0, 0.05) is 33.6 Å². The Kier molecular flexibility index (Phi) is 11.3. The van der Waals surface area contributed by atoms with Crippen LogP contribution in [0.4, 0.5) is 0 Å². The molecule has 3 rings (SSSR count). The minimum atomic E-state index is -1.14. The zero-order valence-electron chi connectivity index (χ0n) is 25.9. The molecule has 0 saturated carbocycles. The topological polar surface area (TPSA) is 158 Å². The lowest BCUT2D eigenvalue weighted by molar-refractivity contribution is -0.162. The van der Waals surface area contributed by atoms with E-state index < -0.39 is 65.8 Å². The van der Waals surface area contributed by atoms with Crippen molar-refractivity contribution in [2.45, 2.75) is 103 Å². The van der Waals surface area contributed by atoms with Crippen LogP contribution in [0.3, 0.4) is 0 Å². The second kappa shape index (κ2) is 14.3. The Morgan fingerprint density at radius 1 is 0.952 bits per heavy atom. The van der Waals surface area contributed by atoms with Crippen LogP contribution in [-0.4, -0.2) is 120 Å². The quantitative estimate of drug-likeness (QED) is 0.335. The summed E-state index contributed by atoms with van der Waals surface area (Å²) in [4.78, 5) is 84.5. The number of esters is 1. The summed E-state index contributed by atoms with van der Waals surface area (Å²) in [5.74, 6) is -3.51. The van der Waals surface area contributed by atoms with E-state index in [4.69, 9.17) is 9.47 Å². The van der Waals surface area contributed by atoms with Crippen LogP contribution >= 0.6 is 0 Å². The van der Waals surface area contributed by atoms with Gasteiger partial charge < -0.3 is 34.8 Å². The highest BCUT2D eigenvalue weighted by Gasteiger charge is 2.44. The predicted octanol–water partition coefficient (Wildman–Crippen LogP) is 0.0588. The molecule has 3 aliphatic heterocycles. The molecular formula is C29H47N5O8. The van der Waals surface area contributed by atoms with Crippen molar-refractivity contribution in [3.63, 3.8) is 0 Å². The second-order valence-corrected chi connectivity index (χ2v) is 12.0. The monoisotopic (exact) mass is 593 g/mol. The van der Waals surface area contributed by atoms with E-state index in [9.17, 15) is 28.8 Å². The van der Waals surface area contributed by atoms with Gasteiger partial charge in [0.1, 0.15) is 24.2 Å². The Labute approximate surface area is 248 Å². The number of ether oxygens (including phenoxy) is 2.